The van der Waals surface area contributed by atoms with E-state index in [1.807, 2.05) is 48.5 Å². The van der Waals surface area contributed by atoms with Gasteiger partial charge < -0.3 is 5.11 Å². The monoisotopic (exact) mass is 274 g/mol. The Morgan fingerprint density at radius 2 is 1.67 bits per heavy atom. The van der Waals surface area contributed by atoms with Crippen molar-refractivity contribution in [3.63, 3.8) is 0 Å². The van der Waals surface area contributed by atoms with Crippen LogP contribution in [0.3, 0.4) is 0 Å². The van der Waals surface area contributed by atoms with E-state index in [0.717, 1.165) is 22.3 Å². The molecule has 2 rings (SSSR count). The van der Waals surface area contributed by atoms with E-state index in [1.165, 1.54) is 0 Å². The summed E-state index contributed by atoms with van der Waals surface area (Å²) in [4.78, 5) is 10.5. The summed E-state index contributed by atoms with van der Waals surface area (Å²) in [5.74, 6) is 7.93. The van der Waals surface area contributed by atoms with E-state index < -0.39 is 5.97 Å². The average molecular weight is 274 g/mol. The highest BCUT2D eigenvalue weighted by molar-refractivity contribution is 5.67. The minimum absolute atomic E-state index is 0.143. The Labute approximate surface area is 124 Å². The van der Waals surface area contributed by atoms with Crippen molar-refractivity contribution in [2.24, 2.45) is 0 Å². The van der Waals surface area contributed by atoms with Crippen LogP contribution in [0.25, 0.3) is 0 Å². The van der Waals surface area contributed by atoms with Crippen LogP contribution in [0.4, 0.5) is 0 Å². The molecule has 1 N–H and O–H groups in total. The molecule has 2 aromatic rings. The molecular formula is C19H14O2. The highest BCUT2D eigenvalue weighted by atomic mass is 16.4. The number of carbonyl (C=O) groups is 1. The summed E-state index contributed by atoms with van der Waals surface area (Å²) in [7, 11) is 0. The first kappa shape index (κ1) is 14.4. The standard InChI is InChI=1S/C19H14O2/c1-2-15-4-3-5-18(14-15)11-10-16-6-8-17(9-7-16)12-13-19(20)21/h1,3-9,14H,12-13H2,(H,20,21). The van der Waals surface area contributed by atoms with Gasteiger partial charge in [0.2, 0.25) is 0 Å². The van der Waals surface area contributed by atoms with Crippen molar-refractivity contribution >= 4 is 5.97 Å². The summed E-state index contributed by atoms with van der Waals surface area (Å²) in [6.45, 7) is 0. The summed E-state index contributed by atoms with van der Waals surface area (Å²) in [6.07, 6.45) is 6.03. The zero-order chi connectivity index (χ0) is 15.1. The Hall–Kier alpha value is -2.97. The van der Waals surface area contributed by atoms with Gasteiger partial charge in [0.15, 0.2) is 0 Å². The van der Waals surface area contributed by atoms with Gasteiger partial charge in [0.25, 0.3) is 0 Å². The van der Waals surface area contributed by atoms with Gasteiger partial charge in [-0.1, -0.05) is 36.0 Å². The number of aryl methyl sites for hydroxylation is 1. The second-order valence-corrected chi connectivity index (χ2v) is 4.57. The van der Waals surface area contributed by atoms with Crippen LogP contribution >= 0.6 is 0 Å². The number of hydrogen-bond acceptors (Lipinski definition) is 1. The Morgan fingerprint density at radius 3 is 2.33 bits per heavy atom. The van der Waals surface area contributed by atoms with Gasteiger partial charge in [-0.3, -0.25) is 4.79 Å². The van der Waals surface area contributed by atoms with Crippen molar-refractivity contribution in [2.75, 3.05) is 0 Å². The molecule has 0 spiro atoms. The molecule has 0 amide bonds. The number of benzene rings is 2. The van der Waals surface area contributed by atoms with Gasteiger partial charge in [-0.15, -0.1) is 6.42 Å². The minimum Gasteiger partial charge on any atom is -0.481 e. The van der Waals surface area contributed by atoms with E-state index in [1.54, 1.807) is 0 Å². The van der Waals surface area contributed by atoms with Gasteiger partial charge in [-0.25, -0.2) is 0 Å². The maximum absolute atomic E-state index is 10.5. The quantitative estimate of drug-likeness (QED) is 0.873. The van der Waals surface area contributed by atoms with Crippen LogP contribution in [-0.4, -0.2) is 11.1 Å². The Morgan fingerprint density at radius 1 is 1.00 bits per heavy atom. The molecule has 2 heteroatoms. The minimum atomic E-state index is -0.785. The highest BCUT2D eigenvalue weighted by Crippen LogP contribution is 2.07. The zero-order valence-corrected chi connectivity index (χ0v) is 11.5. The van der Waals surface area contributed by atoms with Crippen molar-refractivity contribution in [1.29, 1.82) is 0 Å². The number of terminal acetylenes is 1. The topological polar surface area (TPSA) is 37.3 Å². The molecule has 0 fully saturated rings. The SMILES string of the molecule is C#Cc1cccc(C#Cc2ccc(CCC(=O)O)cc2)c1. The van der Waals surface area contributed by atoms with E-state index in [9.17, 15) is 4.79 Å². The van der Waals surface area contributed by atoms with Crippen molar-refractivity contribution in [3.05, 3.63) is 70.8 Å². The zero-order valence-electron chi connectivity index (χ0n) is 11.5. The van der Waals surface area contributed by atoms with E-state index in [0.29, 0.717) is 6.42 Å². The first-order chi connectivity index (χ1) is 10.2. The van der Waals surface area contributed by atoms with Gasteiger partial charge in [0.1, 0.15) is 0 Å². The fraction of sp³-hybridized carbons (Fsp3) is 0.105. The average Bonchev–Trinajstić information content (AvgIpc) is 2.52. The van der Waals surface area contributed by atoms with Crippen molar-refractivity contribution in [3.8, 4) is 24.2 Å². The van der Waals surface area contributed by atoms with E-state index in [4.69, 9.17) is 11.5 Å². The van der Waals surface area contributed by atoms with E-state index in [2.05, 4.69) is 17.8 Å². The van der Waals surface area contributed by atoms with Crippen LogP contribution < -0.4 is 0 Å². The van der Waals surface area contributed by atoms with Crippen LogP contribution in [0, 0.1) is 24.2 Å². The third-order valence-corrected chi connectivity index (χ3v) is 2.96. The predicted molar refractivity (Wildman–Crippen MR) is 82.8 cm³/mol. The molecule has 0 radical (unpaired) electrons. The molecule has 2 aromatic carbocycles. The lowest BCUT2D eigenvalue weighted by atomic mass is 10.1. The van der Waals surface area contributed by atoms with Gasteiger partial charge >= 0.3 is 5.97 Å². The summed E-state index contributed by atoms with van der Waals surface area (Å²) < 4.78 is 0. The second kappa shape index (κ2) is 6.98. The Bertz CT molecular complexity index is 738. The molecular weight excluding hydrogens is 260 g/mol. The molecule has 0 saturated carbocycles. The Kier molecular flexibility index (Phi) is 4.80. The van der Waals surface area contributed by atoms with Crippen LogP contribution in [0.15, 0.2) is 48.5 Å². The second-order valence-electron chi connectivity index (χ2n) is 4.57. The summed E-state index contributed by atoms with van der Waals surface area (Å²) >= 11 is 0. The number of hydrogen-bond donors (Lipinski definition) is 1. The molecule has 0 aliphatic rings. The number of carboxylic acids is 1. The first-order valence-electron chi connectivity index (χ1n) is 6.57. The van der Waals surface area contributed by atoms with Crippen LogP contribution in [0.2, 0.25) is 0 Å². The molecule has 0 bridgehead atoms. The lowest BCUT2D eigenvalue weighted by molar-refractivity contribution is -0.136. The molecule has 0 saturated heterocycles. The maximum Gasteiger partial charge on any atom is 0.303 e. The molecule has 0 aliphatic heterocycles. The molecule has 2 nitrogen and oxygen atoms in total. The summed E-state index contributed by atoms with van der Waals surface area (Å²) in [6, 6.07) is 15.1. The van der Waals surface area contributed by atoms with Gasteiger partial charge in [0, 0.05) is 23.1 Å². The van der Waals surface area contributed by atoms with Crippen LogP contribution in [-0.2, 0) is 11.2 Å². The maximum atomic E-state index is 10.5. The van der Waals surface area contributed by atoms with Gasteiger partial charge in [-0.2, -0.15) is 0 Å². The molecule has 0 unspecified atom stereocenters. The number of rotatable bonds is 3. The molecule has 102 valence electrons. The first-order valence-corrected chi connectivity index (χ1v) is 6.57. The largest absolute Gasteiger partial charge is 0.481 e. The van der Waals surface area contributed by atoms with Crippen LogP contribution in [0.1, 0.15) is 28.7 Å². The summed E-state index contributed by atoms with van der Waals surface area (Å²) in [5.41, 5.74) is 3.57. The molecule has 0 aromatic heterocycles. The van der Waals surface area contributed by atoms with Gasteiger partial charge in [0.05, 0.1) is 0 Å². The molecule has 0 aliphatic carbocycles. The van der Waals surface area contributed by atoms with Crippen molar-refractivity contribution in [1.82, 2.24) is 0 Å². The third kappa shape index (κ3) is 4.56. The number of carboxylic acid groups (broad SMARTS) is 1. The summed E-state index contributed by atoms with van der Waals surface area (Å²) in [5, 5.41) is 8.65. The lowest BCUT2D eigenvalue weighted by Gasteiger charge is -1.98. The number of aliphatic carboxylic acids is 1. The lowest BCUT2D eigenvalue weighted by Crippen LogP contribution is -1.97. The molecule has 0 heterocycles. The third-order valence-electron chi connectivity index (χ3n) is 2.96. The highest BCUT2D eigenvalue weighted by Gasteiger charge is 1.98. The normalized spacial score (nSPS) is 9.29. The van der Waals surface area contributed by atoms with Crippen molar-refractivity contribution < 1.29 is 9.90 Å². The molecule has 21 heavy (non-hydrogen) atoms. The Balaban J connectivity index is 2.08. The fourth-order valence-corrected chi connectivity index (χ4v) is 1.84. The van der Waals surface area contributed by atoms with Crippen molar-refractivity contribution in [2.45, 2.75) is 12.8 Å². The predicted octanol–water partition coefficient (Wildman–Crippen LogP) is 3.08. The van der Waals surface area contributed by atoms with Crippen LogP contribution in [0.5, 0.6) is 0 Å². The van der Waals surface area contributed by atoms with Gasteiger partial charge in [-0.05, 0) is 42.3 Å². The van der Waals surface area contributed by atoms with E-state index in [-0.39, 0.29) is 6.42 Å². The molecule has 0 atom stereocenters. The fourth-order valence-electron chi connectivity index (χ4n) is 1.84. The smallest absolute Gasteiger partial charge is 0.303 e. The van der Waals surface area contributed by atoms with E-state index >= 15 is 0 Å².